The molecule has 0 bridgehead atoms. The molecule has 2 aromatic carbocycles. The van der Waals surface area contributed by atoms with Crippen LogP contribution in [0.5, 0.6) is 17.2 Å². The molecule has 0 radical (unpaired) electrons. The molecular formula is C19H17Cl2NO4. The lowest BCUT2D eigenvalue weighted by atomic mass is 9.91. The molecule has 1 saturated carbocycles. The first-order valence-corrected chi connectivity index (χ1v) is 8.88. The summed E-state index contributed by atoms with van der Waals surface area (Å²) in [5, 5.41) is 10.4. The van der Waals surface area contributed by atoms with Crippen LogP contribution in [0.2, 0.25) is 10.0 Å². The minimum absolute atomic E-state index is 0.123. The van der Waals surface area contributed by atoms with E-state index in [0.29, 0.717) is 17.6 Å². The number of phenolic OH excluding ortho intramolecular Hbond substituents is 1. The van der Waals surface area contributed by atoms with E-state index in [9.17, 15) is 14.7 Å². The summed E-state index contributed by atoms with van der Waals surface area (Å²) in [6.07, 6.45) is 3.67. The average molecular weight is 394 g/mol. The van der Waals surface area contributed by atoms with Crippen molar-refractivity contribution in [3.05, 3.63) is 51.5 Å². The molecule has 0 heterocycles. The maximum atomic E-state index is 12.6. The Bertz CT molecular complexity index is 842. The second-order valence-electron chi connectivity index (χ2n) is 6.21. The quantitative estimate of drug-likeness (QED) is 0.731. The Balaban J connectivity index is 1.88. The smallest absolute Gasteiger partial charge is 0.257 e. The van der Waals surface area contributed by atoms with Gasteiger partial charge in [0, 0.05) is 18.7 Å². The average Bonchev–Trinajstić information content (AvgIpc) is 2.57. The highest BCUT2D eigenvalue weighted by Crippen LogP contribution is 2.38. The van der Waals surface area contributed by atoms with Crippen molar-refractivity contribution >= 4 is 35.4 Å². The van der Waals surface area contributed by atoms with Gasteiger partial charge < -0.3 is 14.7 Å². The van der Waals surface area contributed by atoms with Gasteiger partial charge in [-0.3, -0.25) is 9.59 Å². The van der Waals surface area contributed by atoms with Gasteiger partial charge in [0.05, 0.1) is 15.6 Å². The highest BCUT2D eigenvalue weighted by atomic mass is 35.5. The molecule has 1 aliphatic carbocycles. The summed E-state index contributed by atoms with van der Waals surface area (Å²) in [5.74, 6) is 0.0827. The number of amides is 1. The fourth-order valence-corrected chi connectivity index (χ4v) is 3.32. The maximum absolute atomic E-state index is 12.6. The standard InChI is InChI=1S/C19H17Cl2NO4/c1-22(12-3-2-4-12)19(25)14-9-13(5-6-17(14)24)26-18-15(20)7-11(10-23)8-16(18)21/h5-10,12,24H,2-4H2,1H3. The van der Waals surface area contributed by atoms with Gasteiger partial charge in [-0.05, 0) is 49.6 Å². The number of ether oxygens (including phenoxy) is 1. The first kappa shape index (κ1) is 18.5. The van der Waals surface area contributed by atoms with E-state index in [1.165, 1.54) is 30.3 Å². The Hall–Kier alpha value is -2.24. The molecule has 3 rings (SSSR count). The Morgan fingerprint density at radius 3 is 2.42 bits per heavy atom. The molecule has 0 unspecified atom stereocenters. The second-order valence-corrected chi connectivity index (χ2v) is 7.03. The number of aldehydes is 1. The van der Waals surface area contributed by atoms with Crippen LogP contribution in [0.25, 0.3) is 0 Å². The number of nitrogens with zero attached hydrogens (tertiary/aromatic N) is 1. The summed E-state index contributed by atoms with van der Waals surface area (Å²) < 4.78 is 5.70. The minimum atomic E-state index is -0.272. The molecule has 1 N–H and O–H groups in total. The van der Waals surface area contributed by atoms with Crippen molar-refractivity contribution in [2.24, 2.45) is 0 Å². The fourth-order valence-electron chi connectivity index (χ4n) is 2.74. The SMILES string of the molecule is CN(C(=O)c1cc(Oc2c(Cl)cc(C=O)cc2Cl)ccc1O)C1CCC1. The van der Waals surface area contributed by atoms with Crippen LogP contribution in [0.15, 0.2) is 30.3 Å². The van der Waals surface area contributed by atoms with Crippen molar-refractivity contribution in [1.82, 2.24) is 4.90 Å². The number of carbonyl (C=O) groups excluding carboxylic acids is 2. The lowest BCUT2D eigenvalue weighted by Crippen LogP contribution is -2.41. The van der Waals surface area contributed by atoms with Crippen LogP contribution in [-0.2, 0) is 0 Å². The highest BCUT2D eigenvalue weighted by molar-refractivity contribution is 6.37. The number of phenols is 1. The van der Waals surface area contributed by atoms with Crippen molar-refractivity contribution in [3.8, 4) is 17.2 Å². The van der Waals surface area contributed by atoms with Crippen LogP contribution in [0.4, 0.5) is 0 Å². The van der Waals surface area contributed by atoms with E-state index in [1.54, 1.807) is 11.9 Å². The first-order valence-electron chi connectivity index (χ1n) is 8.13. The van der Waals surface area contributed by atoms with Crippen molar-refractivity contribution < 1.29 is 19.4 Å². The number of hydrogen-bond acceptors (Lipinski definition) is 4. The maximum Gasteiger partial charge on any atom is 0.257 e. The van der Waals surface area contributed by atoms with E-state index in [0.717, 1.165) is 19.3 Å². The number of aromatic hydroxyl groups is 1. The third-order valence-corrected chi connectivity index (χ3v) is 5.08. The summed E-state index contributed by atoms with van der Waals surface area (Å²) in [4.78, 5) is 25.1. The zero-order chi connectivity index (χ0) is 18.8. The zero-order valence-electron chi connectivity index (χ0n) is 14.0. The molecule has 26 heavy (non-hydrogen) atoms. The zero-order valence-corrected chi connectivity index (χ0v) is 15.5. The molecule has 0 atom stereocenters. The summed E-state index contributed by atoms with van der Waals surface area (Å²) in [7, 11) is 1.73. The van der Waals surface area contributed by atoms with Crippen molar-refractivity contribution in [3.63, 3.8) is 0 Å². The summed E-state index contributed by atoms with van der Waals surface area (Å²) >= 11 is 12.2. The monoisotopic (exact) mass is 393 g/mol. The Kier molecular flexibility index (Phi) is 5.39. The molecule has 0 aliphatic heterocycles. The van der Waals surface area contributed by atoms with Crippen molar-refractivity contribution in [2.75, 3.05) is 7.05 Å². The van der Waals surface area contributed by atoms with Crippen molar-refractivity contribution in [1.29, 1.82) is 0 Å². The van der Waals surface area contributed by atoms with Crippen LogP contribution < -0.4 is 4.74 Å². The number of hydrogen-bond donors (Lipinski definition) is 1. The van der Waals surface area contributed by atoms with E-state index < -0.39 is 0 Å². The molecule has 1 amide bonds. The summed E-state index contributed by atoms with van der Waals surface area (Å²) in [6.45, 7) is 0. The molecular weight excluding hydrogens is 377 g/mol. The van der Waals surface area contributed by atoms with Gasteiger partial charge in [-0.15, -0.1) is 0 Å². The molecule has 1 aliphatic rings. The van der Waals surface area contributed by atoms with E-state index in [1.807, 2.05) is 0 Å². The van der Waals surface area contributed by atoms with E-state index in [2.05, 4.69) is 0 Å². The third-order valence-electron chi connectivity index (χ3n) is 4.52. The van der Waals surface area contributed by atoms with Crippen LogP contribution in [0.3, 0.4) is 0 Å². The Labute approximate surface area is 161 Å². The van der Waals surface area contributed by atoms with Gasteiger partial charge in [0.1, 0.15) is 17.8 Å². The van der Waals surface area contributed by atoms with E-state index >= 15 is 0 Å². The van der Waals surface area contributed by atoms with Crippen LogP contribution >= 0.6 is 23.2 Å². The topological polar surface area (TPSA) is 66.8 Å². The molecule has 136 valence electrons. The van der Waals surface area contributed by atoms with Crippen LogP contribution in [0.1, 0.15) is 40.0 Å². The van der Waals surface area contributed by atoms with Gasteiger partial charge >= 0.3 is 0 Å². The molecule has 0 aromatic heterocycles. The van der Waals surface area contributed by atoms with E-state index in [4.69, 9.17) is 27.9 Å². The molecule has 1 fully saturated rings. The number of halogens is 2. The normalized spacial score (nSPS) is 13.8. The Morgan fingerprint density at radius 1 is 1.23 bits per heavy atom. The number of carbonyl (C=O) groups is 2. The molecule has 2 aromatic rings. The highest BCUT2D eigenvalue weighted by Gasteiger charge is 2.28. The van der Waals surface area contributed by atoms with Crippen LogP contribution in [-0.4, -0.2) is 35.3 Å². The summed E-state index contributed by atoms with van der Waals surface area (Å²) in [5.41, 5.74) is 0.477. The first-order chi connectivity index (χ1) is 12.4. The summed E-state index contributed by atoms with van der Waals surface area (Å²) in [6, 6.07) is 7.42. The minimum Gasteiger partial charge on any atom is -0.507 e. The van der Waals surface area contributed by atoms with Gasteiger partial charge in [-0.2, -0.15) is 0 Å². The lowest BCUT2D eigenvalue weighted by molar-refractivity contribution is 0.0648. The van der Waals surface area contributed by atoms with Crippen LogP contribution in [0, 0.1) is 0 Å². The largest absolute Gasteiger partial charge is 0.507 e. The third kappa shape index (κ3) is 3.64. The van der Waals surface area contributed by atoms with Gasteiger partial charge in [0.2, 0.25) is 0 Å². The molecule has 0 spiro atoms. The van der Waals surface area contributed by atoms with Crippen molar-refractivity contribution in [2.45, 2.75) is 25.3 Å². The molecule has 7 heteroatoms. The second kappa shape index (κ2) is 7.56. The fraction of sp³-hybridized carbons (Fsp3) is 0.263. The van der Waals surface area contributed by atoms with Gasteiger partial charge in [-0.1, -0.05) is 23.2 Å². The Morgan fingerprint density at radius 2 is 1.88 bits per heavy atom. The van der Waals surface area contributed by atoms with Gasteiger partial charge in [-0.25, -0.2) is 0 Å². The molecule has 0 saturated heterocycles. The van der Waals surface area contributed by atoms with E-state index in [-0.39, 0.29) is 39.1 Å². The van der Waals surface area contributed by atoms with Gasteiger partial charge in [0.25, 0.3) is 5.91 Å². The number of benzene rings is 2. The predicted molar refractivity (Wildman–Crippen MR) is 99.8 cm³/mol. The van der Waals surface area contributed by atoms with Gasteiger partial charge in [0.15, 0.2) is 5.75 Å². The lowest BCUT2D eigenvalue weighted by Gasteiger charge is -2.34. The number of rotatable bonds is 5. The predicted octanol–water partition coefficient (Wildman–Crippen LogP) is 4.93. The molecule has 5 nitrogen and oxygen atoms in total.